The van der Waals surface area contributed by atoms with Crippen LogP contribution in [0.2, 0.25) is 0 Å². The molecule has 0 bridgehead atoms. The van der Waals surface area contributed by atoms with E-state index >= 15 is 0 Å². The van der Waals surface area contributed by atoms with Gasteiger partial charge in [-0.2, -0.15) is 0 Å². The van der Waals surface area contributed by atoms with Crippen LogP contribution in [0.3, 0.4) is 0 Å². The summed E-state index contributed by atoms with van der Waals surface area (Å²) >= 11 is 0. The summed E-state index contributed by atoms with van der Waals surface area (Å²) < 4.78 is 0. The van der Waals surface area contributed by atoms with Crippen molar-refractivity contribution in [1.29, 1.82) is 0 Å². The van der Waals surface area contributed by atoms with Crippen LogP contribution in [-0.4, -0.2) is 41.0 Å². The maximum Gasteiger partial charge on any atom is 0.255 e. The molecule has 3 heterocycles. The minimum Gasteiger partial charge on any atom is -0.338 e. The van der Waals surface area contributed by atoms with Crippen LogP contribution in [0.4, 0.5) is 0 Å². The number of hydrazine groups is 1. The lowest BCUT2D eigenvalue weighted by molar-refractivity contribution is 0.0649. The van der Waals surface area contributed by atoms with E-state index < -0.39 is 0 Å². The average Bonchev–Trinajstić information content (AvgIpc) is 3.24. The average molecular weight is 399 g/mol. The third kappa shape index (κ3) is 3.62. The highest BCUT2D eigenvalue weighted by Crippen LogP contribution is 2.37. The van der Waals surface area contributed by atoms with Crippen molar-refractivity contribution in [2.45, 2.75) is 24.4 Å². The summed E-state index contributed by atoms with van der Waals surface area (Å²) in [6.07, 6.45) is 4.30. The van der Waals surface area contributed by atoms with Gasteiger partial charge in [-0.05, 0) is 29.7 Å². The predicted molar refractivity (Wildman–Crippen MR) is 117 cm³/mol. The van der Waals surface area contributed by atoms with Crippen LogP contribution < -0.4 is 10.9 Å². The highest BCUT2D eigenvalue weighted by molar-refractivity contribution is 5.94. The monoisotopic (exact) mass is 398 g/mol. The molecule has 5 rings (SSSR count). The number of nitrogens with zero attached hydrogens (tertiary/aromatic N) is 2. The van der Waals surface area contributed by atoms with E-state index in [0.29, 0.717) is 17.5 Å². The molecule has 0 radical (unpaired) electrons. The van der Waals surface area contributed by atoms with Gasteiger partial charge in [0.15, 0.2) is 0 Å². The number of likely N-dealkylation sites (tertiary alicyclic amines) is 1. The number of aromatic nitrogens is 1. The Bertz CT molecular complexity index is 940. The van der Waals surface area contributed by atoms with Crippen molar-refractivity contribution in [2.75, 3.05) is 13.1 Å². The molecule has 3 atom stereocenters. The first-order chi connectivity index (χ1) is 14.8. The molecule has 2 aliphatic rings. The van der Waals surface area contributed by atoms with Crippen molar-refractivity contribution in [1.82, 2.24) is 20.7 Å². The summed E-state index contributed by atoms with van der Waals surface area (Å²) in [6.45, 7) is 1.50. The second kappa shape index (κ2) is 8.38. The largest absolute Gasteiger partial charge is 0.338 e. The van der Waals surface area contributed by atoms with Gasteiger partial charge in [-0.25, -0.2) is 0 Å². The highest BCUT2D eigenvalue weighted by atomic mass is 16.2. The van der Waals surface area contributed by atoms with Gasteiger partial charge in [0.05, 0.1) is 5.56 Å². The molecule has 2 N–H and O–H groups in total. The molecule has 0 spiro atoms. The van der Waals surface area contributed by atoms with E-state index in [9.17, 15) is 4.79 Å². The third-order valence-corrected chi connectivity index (χ3v) is 6.43. The first-order valence-electron chi connectivity index (χ1n) is 10.6. The second-order valence-corrected chi connectivity index (χ2v) is 8.17. The number of rotatable bonds is 4. The Morgan fingerprint density at radius 3 is 2.27 bits per heavy atom. The van der Waals surface area contributed by atoms with E-state index in [2.05, 4.69) is 76.5 Å². The minimum atomic E-state index is 0.0724. The van der Waals surface area contributed by atoms with E-state index in [1.165, 1.54) is 11.1 Å². The fourth-order valence-electron chi connectivity index (χ4n) is 4.95. The standard InChI is InChI=1S/C25H26N4O/c30-25(20-12-7-14-26-16-20)29-15-13-22-21(17-29)24(28-27-22)23(18-8-3-1-4-9-18)19-10-5-2-6-11-19/h1-12,14,16,21-24,27-28H,13,15,17H2. The SMILES string of the molecule is O=C(c1cccnc1)N1CCC2NNC(C(c3ccccc3)c3ccccc3)C2C1. The minimum absolute atomic E-state index is 0.0724. The topological polar surface area (TPSA) is 57.3 Å². The number of hydrogen-bond donors (Lipinski definition) is 2. The number of fused-ring (bicyclic) bond motifs is 1. The number of piperidine rings is 1. The number of benzene rings is 2. The lowest BCUT2D eigenvalue weighted by Gasteiger charge is -2.38. The van der Waals surface area contributed by atoms with Gasteiger partial charge in [-0.3, -0.25) is 20.6 Å². The lowest BCUT2D eigenvalue weighted by Crippen LogP contribution is -2.49. The first-order valence-corrected chi connectivity index (χ1v) is 10.6. The van der Waals surface area contributed by atoms with Gasteiger partial charge >= 0.3 is 0 Å². The Morgan fingerprint density at radius 1 is 0.933 bits per heavy atom. The summed E-state index contributed by atoms with van der Waals surface area (Å²) in [5, 5.41) is 0. The molecule has 152 valence electrons. The lowest BCUT2D eigenvalue weighted by atomic mass is 9.76. The molecule has 2 saturated heterocycles. The molecule has 0 aliphatic carbocycles. The Labute approximate surface area is 177 Å². The van der Waals surface area contributed by atoms with Crippen LogP contribution in [0.15, 0.2) is 85.2 Å². The quantitative estimate of drug-likeness (QED) is 0.709. The van der Waals surface area contributed by atoms with Gasteiger partial charge in [0.1, 0.15) is 0 Å². The molecule has 2 aliphatic heterocycles. The molecule has 1 amide bonds. The second-order valence-electron chi connectivity index (χ2n) is 8.17. The number of hydrogen-bond acceptors (Lipinski definition) is 4. The number of nitrogens with one attached hydrogen (secondary N) is 2. The third-order valence-electron chi connectivity index (χ3n) is 6.43. The van der Waals surface area contributed by atoms with Crippen molar-refractivity contribution < 1.29 is 4.79 Å². The molecule has 3 unspecified atom stereocenters. The Kier molecular flexibility index (Phi) is 5.30. The van der Waals surface area contributed by atoms with Crippen molar-refractivity contribution >= 4 is 5.91 Å². The van der Waals surface area contributed by atoms with Crippen LogP contribution >= 0.6 is 0 Å². The summed E-state index contributed by atoms with van der Waals surface area (Å²) in [4.78, 5) is 19.2. The molecule has 5 heteroatoms. The van der Waals surface area contributed by atoms with Gasteiger partial charge in [0.25, 0.3) is 5.91 Å². The van der Waals surface area contributed by atoms with Gasteiger partial charge in [-0.15, -0.1) is 0 Å². The molecule has 3 aromatic rings. The van der Waals surface area contributed by atoms with Gasteiger partial charge < -0.3 is 4.90 Å². The molecule has 1 aromatic heterocycles. The normalized spacial score (nSPS) is 23.4. The van der Waals surface area contributed by atoms with E-state index in [1.54, 1.807) is 12.4 Å². The molecule has 0 saturated carbocycles. The van der Waals surface area contributed by atoms with Crippen molar-refractivity contribution in [2.24, 2.45) is 5.92 Å². The van der Waals surface area contributed by atoms with Crippen LogP contribution in [0.25, 0.3) is 0 Å². The van der Waals surface area contributed by atoms with Crippen LogP contribution in [0.5, 0.6) is 0 Å². The fraction of sp³-hybridized carbons (Fsp3) is 0.280. The smallest absolute Gasteiger partial charge is 0.255 e. The van der Waals surface area contributed by atoms with Crippen LogP contribution in [0.1, 0.15) is 33.8 Å². The number of amides is 1. The van der Waals surface area contributed by atoms with Crippen LogP contribution in [-0.2, 0) is 0 Å². The molecule has 30 heavy (non-hydrogen) atoms. The molecular formula is C25H26N4O. The van der Waals surface area contributed by atoms with Gasteiger partial charge in [0, 0.05) is 49.4 Å². The van der Waals surface area contributed by atoms with Gasteiger partial charge in [-0.1, -0.05) is 60.7 Å². The molecular weight excluding hydrogens is 372 g/mol. The highest BCUT2D eigenvalue weighted by Gasteiger charge is 2.44. The number of pyridine rings is 1. The molecule has 5 nitrogen and oxygen atoms in total. The van der Waals surface area contributed by atoms with E-state index in [0.717, 1.165) is 19.5 Å². The number of carbonyl (C=O) groups is 1. The van der Waals surface area contributed by atoms with Gasteiger partial charge in [0.2, 0.25) is 0 Å². The summed E-state index contributed by atoms with van der Waals surface area (Å²) in [5.74, 6) is 0.608. The summed E-state index contributed by atoms with van der Waals surface area (Å²) in [5.41, 5.74) is 10.4. The van der Waals surface area contributed by atoms with E-state index in [-0.39, 0.29) is 17.9 Å². The zero-order chi connectivity index (χ0) is 20.3. The maximum absolute atomic E-state index is 13.0. The molecule has 2 fully saturated rings. The van der Waals surface area contributed by atoms with Crippen molar-refractivity contribution in [3.63, 3.8) is 0 Å². The Hall–Kier alpha value is -3.02. The fourth-order valence-corrected chi connectivity index (χ4v) is 4.95. The predicted octanol–water partition coefficient (Wildman–Crippen LogP) is 3.22. The van der Waals surface area contributed by atoms with Crippen molar-refractivity contribution in [3.8, 4) is 0 Å². The summed E-state index contributed by atoms with van der Waals surface area (Å²) in [6, 6.07) is 25.6. The van der Waals surface area contributed by atoms with Crippen LogP contribution in [0, 0.1) is 5.92 Å². The number of carbonyl (C=O) groups excluding carboxylic acids is 1. The zero-order valence-corrected chi connectivity index (χ0v) is 16.8. The Balaban J connectivity index is 1.44. The van der Waals surface area contributed by atoms with Crippen molar-refractivity contribution in [3.05, 3.63) is 102 Å². The molecule has 2 aromatic carbocycles. The first kappa shape index (κ1) is 19.0. The van der Waals surface area contributed by atoms with E-state index in [1.807, 2.05) is 17.0 Å². The zero-order valence-electron chi connectivity index (χ0n) is 16.8. The maximum atomic E-state index is 13.0. The Morgan fingerprint density at radius 2 is 1.63 bits per heavy atom. The summed E-state index contributed by atoms with van der Waals surface area (Å²) in [7, 11) is 0. The van der Waals surface area contributed by atoms with E-state index in [4.69, 9.17) is 0 Å².